The van der Waals surface area contributed by atoms with Crippen molar-refractivity contribution in [2.75, 3.05) is 39.6 Å². The fraction of sp³-hybridized carbons (Fsp3) is 0.286. The van der Waals surface area contributed by atoms with E-state index >= 15 is 0 Å². The summed E-state index contributed by atoms with van der Waals surface area (Å²) in [5.74, 6) is 0. The predicted octanol–water partition coefficient (Wildman–Crippen LogP) is 0.608. The van der Waals surface area contributed by atoms with Gasteiger partial charge in [-0.3, -0.25) is 28.3 Å². The summed E-state index contributed by atoms with van der Waals surface area (Å²) in [4.78, 5) is 61.5. The number of aliphatic hydroxyl groups is 2. The first-order valence-corrected chi connectivity index (χ1v) is 12.9. The Morgan fingerprint density at radius 2 is 1.00 bits per heavy atom. The number of nitrogens with one attached hydrogen (secondary N) is 2. The van der Waals surface area contributed by atoms with Crippen molar-refractivity contribution in [2.45, 2.75) is 13.1 Å². The quantitative estimate of drug-likeness (QED) is 0.110. The zero-order valence-electron chi connectivity index (χ0n) is 21.4. The molecule has 0 atom stereocenters. The molecule has 3 aromatic carbocycles. The molecule has 0 aliphatic heterocycles. The van der Waals surface area contributed by atoms with Gasteiger partial charge in [-0.1, -0.05) is 12.1 Å². The summed E-state index contributed by atoms with van der Waals surface area (Å²) < 4.78 is 12.8. The molecule has 6 rings (SSSR count). The van der Waals surface area contributed by atoms with Crippen LogP contribution in [0.1, 0.15) is 0 Å². The van der Waals surface area contributed by atoms with Crippen LogP contribution in [-0.2, 0) is 22.6 Å². The zero-order valence-corrected chi connectivity index (χ0v) is 21.4. The fourth-order valence-corrected chi connectivity index (χ4v) is 5.42. The highest BCUT2D eigenvalue weighted by molar-refractivity contribution is 6.32. The monoisotopic (exact) mass is 546 g/mol. The number of hydrogen-bond donors (Lipinski definition) is 4. The number of para-hydroxylation sites is 2. The number of benzene rings is 3. The van der Waals surface area contributed by atoms with E-state index in [1.807, 2.05) is 24.3 Å². The van der Waals surface area contributed by atoms with Crippen molar-refractivity contribution in [2.24, 2.45) is 0 Å². The summed E-state index contributed by atoms with van der Waals surface area (Å²) in [5, 5.41) is 19.2. The van der Waals surface area contributed by atoms with E-state index in [1.54, 1.807) is 0 Å². The molecule has 0 fully saturated rings. The maximum Gasteiger partial charge on any atom is 0.263 e. The lowest BCUT2D eigenvalue weighted by molar-refractivity contribution is 0.0862. The van der Waals surface area contributed by atoms with Gasteiger partial charge in [-0.2, -0.15) is 0 Å². The molecule has 0 aliphatic carbocycles. The van der Waals surface area contributed by atoms with Crippen LogP contribution in [0.4, 0.5) is 0 Å². The van der Waals surface area contributed by atoms with Crippen LogP contribution in [0.25, 0.3) is 54.4 Å². The van der Waals surface area contributed by atoms with Crippen LogP contribution in [0.15, 0.2) is 55.6 Å². The van der Waals surface area contributed by atoms with E-state index < -0.39 is 22.2 Å². The van der Waals surface area contributed by atoms with Crippen LogP contribution in [0, 0.1) is 0 Å². The smallest absolute Gasteiger partial charge is 0.263 e. The van der Waals surface area contributed by atoms with Gasteiger partial charge in [0, 0.05) is 21.5 Å². The third-order valence-corrected chi connectivity index (χ3v) is 7.16. The molecule has 40 heavy (non-hydrogen) atoms. The summed E-state index contributed by atoms with van der Waals surface area (Å²) in [6.07, 6.45) is 0. The number of H-pyrrole nitrogens is 2. The van der Waals surface area contributed by atoms with Gasteiger partial charge >= 0.3 is 0 Å². The van der Waals surface area contributed by atoms with Crippen LogP contribution in [-0.4, -0.2) is 69.0 Å². The number of aromatic nitrogens is 4. The molecular formula is C28H26N4O8. The number of aliphatic hydroxyl groups excluding tert-OH is 2. The van der Waals surface area contributed by atoms with Gasteiger partial charge in [-0.15, -0.1) is 0 Å². The van der Waals surface area contributed by atoms with Crippen molar-refractivity contribution in [3.05, 3.63) is 77.8 Å². The Morgan fingerprint density at radius 3 is 1.40 bits per heavy atom. The van der Waals surface area contributed by atoms with E-state index in [1.165, 1.54) is 12.1 Å². The topological polar surface area (TPSA) is 169 Å². The van der Waals surface area contributed by atoms with Crippen molar-refractivity contribution >= 4 is 54.4 Å². The molecule has 0 bridgehead atoms. The summed E-state index contributed by atoms with van der Waals surface area (Å²) in [6.45, 7) is -0.255. The van der Waals surface area contributed by atoms with E-state index in [4.69, 9.17) is 19.7 Å². The van der Waals surface area contributed by atoms with E-state index in [0.29, 0.717) is 22.1 Å². The van der Waals surface area contributed by atoms with Gasteiger partial charge < -0.3 is 29.7 Å². The fourth-order valence-electron chi connectivity index (χ4n) is 5.42. The molecule has 6 aromatic rings. The highest BCUT2D eigenvalue weighted by Gasteiger charge is 2.25. The molecule has 12 nitrogen and oxygen atoms in total. The minimum atomic E-state index is -0.585. The van der Waals surface area contributed by atoms with Crippen LogP contribution >= 0.6 is 0 Å². The van der Waals surface area contributed by atoms with Gasteiger partial charge in [0.25, 0.3) is 22.2 Å². The van der Waals surface area contributed by atoms with Crippen molar-refractivity contribution in [1.82, 2.24) is 19.1 Å². The lowest BCUT2D eigenvalue weighted by atomic mass is 9.94. The Morgan fingerprint density at radius 1 is 0.575 bits per heavy atom. The number of rotatable bonds is 10. The molecule has 4 N–H and O–H groups in total. The van der Waals surface area contributed by atoms with Gasteiger partial charge in [-0.05, 0) is 24.3 Å². The highest BCUT2D eigenvalue weighted by Crippen LogP contribution is 2.35. The summed E-state index contributed by atoms with van der Waals surface area (Å²) in [7, 11) is 0. The molecule has 0 amide bonds. The van der Waals surface area contributed by atoms with Crippen molar-refractivity contribution < 1.29 is 19.7 Å². The Balaban J connectivity index is 1.78. The molecule has 12 heteroatoms. The SMILES string of the molecule is O=c1c2ccc3c(=O)n(CCOCCO)c(=O)c4c5[nH]c6ccccc6[nH]c5c(c(=O)n1CCOCCO)c2c34. The maximum atomic E-state index is 13.9. The van der Waals surface area contributed by atoms with Gasteiger partial charge in [-0.25, -0.2) is 0 Å². The average Bonchev–Trinajstić information content (AvgIpc) is 2.96. The Labute approximate surface area is 223 Å². The number of nitrogens with zero attached hydrogens (tertiary/aromatic N) is 2. The lowest BCUT2D eigenvalue weighted by Gasteiger charge is -2.17. The largest absolute Gasteiger partial charge is 0.394 e. The van der Waals surface area contributed by atoms with E-state index in [-0.39, 0.29) is 85.0 Å². The first-order chi connectivity index (χ1) is 19.5. The molecule has 3 heterocycles. The molecule has 0 saturated heterocycles. The maximum absolute atomic E-state index is 13.9. The number of pyridine rings is 2. The van der Waals surface area contributed by atoms with Crippen molar-refractivity contribution in [3.8, 4) is 0 Å². The van der Waals surface area contributed by atoms with Gasteiger partial charge in [0.15, 0.2) is 0 Å². The van der Waals surface area contributed by atoms with Gasteiger partial charge in [0.1, 0.15) is 0 Å². The molecule has 0 unspecified atom stereocenters. The Hall–Kier alpha value is -4.36. The molecule has 0 aliphatic rings. The minimum absolute atomic E-state index is 0.0354. The predicted molar refractivity (Wildman–Crippen MR) is 151 cm³/mol. The van der Waals surface area contributed by atoms with Gasteiger partial charge in [0.2, 0.25) is 0 Å². The second-order valence-corrected chi connectivity index (χ2v) is 9.40. The third-order valence-electron chi connectivity index (χ3n) is 7.16. The summed E-state index contributed by atoms with van der Waals surface area (Å²) in [5.41, 5.74) is -0.289. The van der Waals surface area contributed by atoms with E-state index in [2.05, 4.69) is 9.97 Å². The molecule has 0 spiro atoms. The third kappa shape index (κ3) is 3.92. The van der Waals surface area contributed by atoms with Crippen LogP contribution in [0.3, 0.4) is 0 Å². The molecule has 3 aromatic heterocycles. The summed E-state index contributed by atoms with van der Waals surface area (Å²) >= 11 is 0. The zero-order chi connectivity index (χ0) is 28.0. The lowest BCUT2D eigenvalue weighted by Crippen LogP contribution is -2.37. The van der Waals surface area contributed by atoms with Crippen molar-refractivity contribution in [3.63, 3.8) is 0 Å². The molecule has 0 radical (unpaired) electrons. The van der Waals surface area contributed by atoms with Crippen molar-refractivity contribution in [1.29, 1.82) is 0 Å². The Bertz CT molecular complexity index is 1990. The highest BCUT2D eigenvalue weighted by atomic mass is 16.5. The second-order valence-electron chi connectivity index (χ2n) is 9.40. The number of hydrogen-bond acceptors (Lipinski definition) is 8. The summed E-state index contributed by atoms with van der Waals surface area (Å²) in [6, 6.07) is 10.3. The molecule has 0 saturated carbocycles. The minimum Gasteiger partial charge on any atom is -0.394 e. The first kappa shape index (κ1) is 25.9. The van der Waals surface area contributed by atoms with Crippen LogP contribution < -0.4 is 22.2 Å². The molecular weight excluding hydrogens is 520 g/mol. The number of ether oxygens (including phenoxy) is 2. The van der Waals surface area contributed by atoms with Crippen LogP contribution in [0.5, 0.6) is 0 Å². The average molecular weight is 547 g/mol. The number of fused-ring (bicyclic) bond motifs is 4. The number of aromatic amines is 2. The van der Waals surface area contributed by atoms with Gasteiger partial charge in [0.05, 0.1) is 85.6 Å². The first-order valence-electron chi connectivity index (χ1n) is 12.9. The van der Waals surface area contributed by atoms with E-state index in [0.717, 1.165) is 9.13 Å². The molecule has 206 valence electrons. The second kappa shape index (κ2) is 10.3. The van der Waals surface area contributed by atoms with E-state index in [9.17, 15) is 19.2 Å². The standard InChI is InChI=1S/C28H26N4O8/c33-9-13-39-11-7-31-25(35)15-5-6-16-20-19(15)21(27(31)37)23-24(30-18-4-2-1-3-17(18)29-23)22(20)28(38)32(26(16)36)8-12-40-14-10-34/h1-6,29-30,33-34H,7-14H2. The normalized spacial score (nSPS) is 12.2. The Kier molecular flexibility index (Phi) is 6.68. The van der Waals surface area contributed by atoms with Crippen LogP contribution in [0.2, 0.25) is 0 Å².